The smallest absolute Gasteiger partial charge is 0.143 e. The summed E-state index contributed by atoms with van der Waals surface area (Å²) < 4.78 is 0. The molecule has 0 amide bonds. The van der Waals surface area contributed by atoms with Gasteiger partial charge in [0, 0.05) is 27.8 Å². The first kappa shape index (κ1) is 27.2. The largest absolute Gasteiger partial charge is 0.506 e. The fourth-order valence-electron chi connectivity index (χ4n) is 3.90. The second kappa shape index (κ2) is 13.1. The first-order valence-corrected chi connectivity index (χ1v) is 12.0. The van der Waals surface area contributed by atoms with Crippen LogP contribution in [0.2, 0.25) is 0 Å². The van der Waals surface area contributed by atoms with Gasteiger partial charge in [-0.1, -0.05) is 97.1 Å². The van der Waals surface area contributed by atoms with Crippen molar-refractivity contribution >= 4 is 44.3 Å². The van der Waals surface area contributed by atoms with E-state index in [0.29, 0.717) is 11.4 Å². The van der Waals surface area contributed by atoms with Crippen molar-refractivity contribution in [3.8, 4) is 11.5 Å². The van der Waals surface area contributed by atoms with E-state index in [2.05, 4.69) is 20.5 Å². The molecule has 0 saturated heterocycles. The van der Waals surface area contributed by atoms with Crippen molar-refractivity contribution in [2.24, 2.45) is 20.5 Å². The molecule has 0 aliphatic rings. The standard InChI is InChI=1S/2C16H12N2O.Cu/c2*19-15-11-10-12-6-4-5-9-14(12)16(15)18-17-13-7-2-1-3-8-13;/h2*1-11,19H;. The maximum Gasteiger partial charge on any atom is 0.143 e. The van der Waals surface area contributed by atoms with Gasteiger partial charge in [-0.05, 0) is 47.2 Å². The van der Waals surface area contributed by atoms with Crippen molar-refractivity contribution in [1.82, 2.24) is 0 Å². The monoisotopic (exact) mass is 559 g/mol. The minimum Gasteiger partial charge on any atom is -0.506 e. The van der Waals surface area contributed by atoms with Gasteiger partial charge in [0.05, 0.1) is 11.4 Å². The van der Waals surface area contributed by atoms with Gasteiger partial charge >= 0.3 is 0 Å². The maximum absolute atomic E-state index is 9.93. The van der Waals surface area contributed by atoms with E-state index in [0.717, 1.165) is 32.9 Å². The van der Waals surface area contributed by atoms with Gasteiger partial charge in [-0.2, -0.15) is 10.2 Å². The van der Waals surface area contributed by atoms with Crippen LogP contribution in [-0.4, -0.2) is 10.2 Å². The van der Waals surface area contributed by atoms with Crippen LogP contribution in [0.25, 0.3) is 21.5 Å². The molecule has 0 aliphatic heterocycles. The quantitative estimate of drug-likeness (QED) is 0.166. The van der Waals surface area contributed by atoms with Crippen molar-refractivity contribution < 1.29 is 27.3 Å². The average Bonchev–Trinajstić information content (AvgIpc) is 2.97. The minimum atomic E-state index is 0. The second-order valence-electron chi connectivity index (χ2n) is 8.38. The van der Waals surface area contributed by atoms with Gasteiger partial charge < -0.3 is 10.2 Å². The van der Waals surface area contributed by atoms with Crippen molar-refractivity contribution in [2.75, 3.05) is 0 Å². The molecule has 2 N–H and O–H groups in total. The van der Waals surface area contributed by atoms with Gasteiger partial charge in [-0.15, -0.1) is 10.2 Å². The first-order chi connectivity index (χ1) is 18.7. The number of azo groups is 2. The molecule has 6 aromatic carbocycles. The van der Waals surface area contributed by atoms with E-state index in [1.807, 2.05) is 121 Å². The third-order valence-electron chi connectivity index (χ3n) is 5.80. The number of nitrogens with zero attached hydrogens (tertiary/aromatic N) is 4. The summed E-state index contributed by atoms with van der Waals surface area (Å²) in [5, 5.41) is 40.4. The van der Waals surface area contributed by atoms with Crippen LogP contribution in [0.1, 0.15) is 0 Å². The van der Waals surface area contributed by atoms with E-state index in [1.54, 1.807) is 12.1 Å². The molecule has 6 nitrogen and oxygen atoms in total. The Labute approximate surface area is 236 Å². The van der Waals surface area contributed by atoms with Crippen molar-refractivity contribution in [1.29, 1.82) is 0 Å². The van der Waals surface area contributed by atoms with Gasteiger partial charge in [0.1, 0.15) is 22.9 Å². The molecular formula is C32H24CuN4O2. The number of aromatic hydroxyl groups is 2. The molecule has 0 aliphatic carbocycles. The van der Waals surface area contributed by atoms with Crippen LogP contribution in [0.3, 0.4) is 0 Å². The van der Waals surface area contributed by atoms with Gasteiger partial charge in [-0.25, -0.2) is 0 Å². The summed E-state index contributed by atoms with van der Waals surface area (Å²) in [5.74, 6) is 0.275. The Morgan fingerprint density at radius 3 is 1.13 bits per heavy atom. The second-order valence-corrected chi connectivity index (χ2v) is 8.38. The van der Waals surface area contributed by atoms with Crippen molar-refractivity contribution in [2.45, 2.75) is 0 Å². The molecule has 0 atom stereocenters. The molecule has 0 heterocycles. The Bertz CT molecular complexity index is 1610. The normalized spacial score (nSPS) is 10.9. The zero-order valence-corrected chi connectivity index (χ0v) is 21.6. The Morgan fingerprint density at radius 1 is 0.359 bits per heavy atom. The van der Waals surface area contributed by atoms with Gasteiger partial charge in [0.2, 0.25) is 0 Å². The van der Waals surface area contributed by atoms with Crippen LogP contribution >= 0.6 is 0 Å². The number of benzene rings is 6. The van der Waals surface area contributed by atoms with E-state index in [1.165, 1.54) is 0 Å². The number of rotatable bonds is 4. The number of hydrogen-bond donors (Lipinski definition) is 2. The Kier molecular flexibility index (Phi) is 9.14. The van der Waals surface area contributed by atoms with E-state index in [-0.39, 0.29) is 28.6 Å². The molecule has 0 fully saturated rings. The van der Waals surface area contributed by atoms with E-state index >= 15 is 0 Å². The summed E-state index contributed by atoms with van der Waals surface area (Å²) in [6, 6.07) is 41.5. The van der Waals surface area contributed by atoms with Gasteiger partial charge in [-0.3, -0.25) is 0 Å². The van der Waals surface area contributed by atoms with Crippen LogP contribution < -0.4 is 0 Å². The summed E-state index contributed by atoms with van der Waals surface area (Å²) in [4.78, 5) is 0. The molecule has 0 saturated carbocycles. The summed E-state index contributed by atoms with van der Waals surface area (Å²) in [7, 11) is 0. The van der Waals surface area contributed by atoms with Gasteiger partial charge in [0.15, 0.2) is 0 Å². The van der Waals surface area contributed by atoms with E-state index in [4.69, 9.17) is 0 Å². The molecule has 6 aromatic rings. The molecular weight excluding hydrogens is 536 g/mol. The summed E-state index contributed by atoms with van der Waals surface area (Å²) in [6.07, 6.45) is 0. The van der Waals surface area contributed by atoms with Crippen molar-refractivity contribution in [3.63, 3.8) is 0 Å². The third-order valence-corrected chi connectivity index (χ3v) is 5.80. The average molecular weight is 560 g/mol. The zero-order valence-electron chi connectivity index (χ0n) is 20.7. The molecule has 0 aromatic heterocycles. The molecule has 195 valence electrons. The van der Waals surface area contributed by atoms with Crippen LogP contribution in [0.4, 0.5) is 22.7 Å². The number of phenolic OH excluding ortho intramolecular Hbond substituents is 2. The maximum atomic E-state index is 9.93. The van der Waals surface area contributed by atoms with Crippen LogP contribution in [0.5, 0.6) is 11.5 Å². The number of fused-ring (bicyclic) bond motifs is 2. The Balaban J connectivity index is 0.000000176. The molecule has 7 heteroatoms. The molecule has 0 spiro atoms. The van der Waals surface area contributed by atoms with Gasteiger partial charge in [0.25, 0.3) is 0 Å². The van der Waals surface area contributed by atoms with Crippen LogP contribution in [0.15, 0.2) is 154 Å². The topological polar surface area (TPSA) is 89.9 Å². The molecule has 6 rings (SSSR count). The molecule has 1 radical (unpaired) electrons. The molecule has 39 heavy (non-hydrogen) atoms. The van der Waals surface area contributed by atoms with Crippen molar-refractivity contribution in [3.05, 3.63) is 133 Å². The summed E-state index contributed by atoms with van der Waals surface area (Å²) in [5.41, 5.74) is 2.52. The van der Waals surface area contributed by atoms with Crippen LogP contribution in [-0.2, 0) is 17.1 Å². The number of hydrogen-bond acceptors (Lipinski definition) is 6. The number of phenols is 2. The van der Waals surface area contributed by atoms with E-state index < -0.39 is 0 Å². The zero-order chi connectivity index (χ0) is 26.2. The predicted octanol–water partition coefficient (Wildman–Crippen LogP) is 9.92. The van der Waals surface area contributed by atoms with Crippen LogP contribution in [0, 0.1) is 0 Å². The SMILES string of the molecule is Oc1ccc2ccccc2c1N=Nc1ccccc1.Oc1ccc2ccccc2c1N=Nc1ccccc1.[Cu]. The molecule has 0 unspecified atom stereocenters. The fraction of sp³-hybridized carbons (Fsp3) is 0. The minimum absolute atomic E-state index is 0. The van der Waals surface area contributed by atoms with E-state index in [9.17, 15) is 10.2 Å². The summed E-state index contributed by atoms with van der Waals surface area (Å²) >= 11 is 0. The Morgan fingerprint density at radius 2 is 0.718 bits per heavy atom. The first-order valence-electron chi connectivity index (χ1n) is 12.0. The third kappa shape index (κ3) is 6.73. The summed E-state index contributed by atoms with van der Waals surface area (Å²) in [6.45, 7) is 0. The fourth-order valence-corrected chi connectivity index (χ4v) is 3.90. The predicted molar refractivity (Wildman–Crippen MR) is 152 cm³/mol. The molecule has 0 bridgehead atoms. The Hall–Kier alpha value is -4.84.